The number of hydrogen-bond acceptors (Lipinski definition) is 30. The molecule has 0 spiro atoms. The van der Waals surface area contributed by atoms with Crippen LogP contribution in [0.25, 0.3) is 0 Å². The molecule has 12 rings (SSSR count). The average molecular weight is 1710 g/mol. The van der Waals surface area contributed by atoms with E-state index in [1.54, 1.807) is 39.5 Å². The number of hydrogen-bond donors (Lipinski definition) is 7. The first-order valence-electron chi connectivity index (χ1n) is 31.4. The number of aliphatic hydroxyl groups is 1. The van der Waals surface area contributed by atoms with E-state index in [4.69, 9.17) is 17.2 Å². The standard InChI is InChI=1S/2C22H20N4O8S2.C16H16N2O8S2.C6H6N2O.CH4.3Na.H2O/c2*23-18(27)13-6-8-25(9-7-13)10-14-11-35-21-15(20(29)26(21)16(14)22(30)31)24-19(28)17(36(32,33)34)12-4-2-1-3-5-12;19-6-9-7-27-15-10(14(21)18(15)11(9)16(22)23)17-13(20)12(28(24,25)26)8-4-2-1-3-5-8;7-6(9)5-1-3-8-4-2-5;;;;;/h2*1-9,15,17,21H,10-11H2,(H4-,23,24,27,28,30,31,32,33,34);1-5,10,12,15,19H,6-7H2,(H,17,20)(H,22,23)(H,24,25,26);1-4H,(H2,7,9);1H4;;;;1H2/q;;;;;3*+1;/p-5/t2*15-,17-,21-;10-,12-,15-;;;;;;/m111....../s1. The van der Waals surface area contributed by atoms with Crippen LogP contribution in [-0.4, -0.2) is 198 Å². The Morgan fingerprint density at radius 3 is 0.921 bits per heavy atom. The van der Waals surface area contributed by atoms with E-state index in [0.717, 1.165) is 50.0 Å². The van der Waals surface area contributed by atoms with Crippen LogP contribution in [0.5, 0.6) is 0 Å². The molecular formula is C67H63N12Na3O26S6-2. The van der Waals surface area contributed by atoms with E-state index < -0.39 is 164 Å². The molecule has 9 atom stereocenters. The number of carbonyl (C=O) groups is 12. The van der Waals surface area contributed by atoms with E-state index in [9.17, 15) is 117 Å². The Bertz CT molecular complexity index is 4900. The minimum absolute atomic E-state index is 0. The number of nitrogens with one attached hydrogen (secondary N) is 3. The molecular weight excluding hydrogens is 1650 g/mol. The number of carboxylic acid groups (broad SMARTS) is 3. The summed E-state index contributed by atoms with van der Waals surface area (Å²) < 4.78 is 109. The maximum Gasteiger partial charge on any atom is 1.00 e. The second-order valence-corrected chi connectivity index (χ2v) is 31.4. The van der Waals surface area contributed by atoms with Crippen LogP contribution in [-0.2, 0) is 86.6 Å². The molecule has 3 aromatic carbocycles. The summed E-state index contributed by atoms with van der Waals surface area (Å²) in [5.41, 5.74) is 15.9. The molecule has 6 aliphatic heterocycles. The third kappa shape index (κ3) is 22.9. The van der Waals surface area contributed by atoms with Crippen LogP contribution >= 0.6 is 35.3 Å². The molecule has 3 saturated heterocycles. The van der Waals surface area contributed by atoms with E-state index in [1.807, 2.05) is 0 Å². The topological polar surface area (TPSA) is 640 Å². The maximum absolute atomic E-state index is 12.9. The molecule has 588 valence electrons. The van der Waals surface area contributed by atoms with Crippen molar-refractivity contribution in [3.63, 3.8) is 0 Å². The Kier molecular flexibility index (Phi) is 36.1. The minimum Gasteiger partial charge on any atom is -0.870 e. The number of aliphatic hydroxyl groups excluding tert-OH is 1. The number of nitrogens with zero attached hydrogens (tertiary/aromatic N) is 6. The van der Waals surface area contributed by atoms with Gasteiger partial charge in [0.15, 0.2) is 53.6 Å². The number of rotatable bonds is 23. The summed E-state index contributed by atoms with van der Waals surface area (Å²) in [7, 11) is -15.3. The van der Waals surface area contributed by atoms with Gasteiger partial charge in [-0.15, -0.1) is 35.3 Å². The number of β-lactam (4-membered cyclic amide) rings is 3. The zero-order valence-corrected chi connectivity index (χ0v) is 70.0. The molecule has 6 aromatic rings. The number of aliphatic carboxylic acids is 3. The fourth-order valence-corrected chi connectivity index (χ4v) is 18.2. The van der Waals surface area contributed by atoms with Gasteiger partial charge in [-0.2, -0.15) is 0 Å². The number of fused-ring (bicyclic) bond motifs is 3. The van der Waals surface area contributed by atoms with E-state index in [-0.39, 0.29) is 177 Å². The largest absolute Gasteiger partial charge is 1.00 e. The van der Waals surface area contributed by atoms with Crippen molar-refractivity contribution in [3.05, 3.63) is 232 Å². The molecule has 38 nitrogen and oxygen atoms in total. The van der Waals surface area contributed by atoms with Crippen LogP contribution in [0.3, 0.4) is 0 Å². The van der Waals surface area contributed by atoms with Crippen LogP contribution < -0.4 is 146 Å². The van der Waals surface area contributed by atoms with Gasteiger partial charge in [-0.1, -0.05) is 98.4 Å². The van der Waals surface area contributed by atoms with Crippen molar-refractivity contribution in [2.75, 3.05) is 23.9 Å². The molecule has 0 bridgehead atoms. The number of benzene rings is 3. The zero-order chi connectivity index (χ0) is 79.7. The molecule has 3 fully saturated rings. The van der Waals surface area contributed by atoms with Gasteiger partial charge in [0.05, 0.1) is 52.7 Å². The van der Waals surface area contributed by atoms with E-state index >= 15 is 0 Å². The number of carboxylic acids is 3. The molecule has 0 unspecified atom stereocenters. The third-order valence-electron chi connectivity index (χ3n) is 16.8. The van der Waals surface area contributed by atoms with Crippen molar-refractivity contribution in [1.29, 1.82) is 0 Å². The number of primary amides is 3. The fraction of sp³-hybridized carbons (Fsp3) is 0.239. The molecule has 6 aliphatic rings. The van der Waals surface area contributed by atoms with Gasteiger partial charge >= 0.3 is 88.7 Å². The smallest absolute Gasteiger partial charge is 0.870 e. The SMILES string of the molecule is C.NC(=O)c1cc[n+](CC2=C(C(=O)[O-])N3C(=O)[C@@H](NC(=O)[C@@H](c4ccccc4)S(=O)(=O)[O-])[C@H]3SC2)cc1.NC(=O)c1cc[n+](CC2=C(C(=O)[O-])N3C(=O)[C@@H](NC(=O)[C@@H](c4ccccc4)S(=O)(=O)[O-])[C@H]3SC2)cc1.NC(=O)c1ccncc1.O=C([O-])C1=C(CO)CS[C@@H]2[C@H](NC(=O)[C@@H](c3ccccc3)S(=O)(=O)[O-])C(=O)N12.[Na+].[Na+].[Na+].[OH-]. The third-order valence-corrected chi connectivity index (χ3v) is 24.0. The van der Waals surface area contributed by atoms with Crippen LogP contribution in [0.15, 0.2) is 198 Å². The summed E-state index contributed by atoms with van der Waals surface area (Å²) in [5, 5.41) is 42.6. The van der Waals surface area contributed by atoms with E-state index in [0.29, 0.717) is 16.7 Å². The Morgan fingerprint density at radius 2 is 0.693 bits per heavy atom. The van der Waals surface area contributed by atoms with Crippen molar-refractivity contribution in [2.45, 2.75) is 70.5 Å². The molecule has 3 aromatic heterocycles. The number of amides is 9. The van der Waals surface area contributed by atoms with Crippen LogP contribution in [0.2, 0.25) is 0 Å². The number of nitrogens with two attached hydrogens (primary N) is 3. The fourth-order valence-electron chi connectivity index (χ4n) is 11.7. The molecule has 9 amide bonds. The quantitative estimate of drug-likeness (QED) is 0.0136. The first-order chi connectivity index (χ1) is 51.4. The predicted octanol–water partition coefficient (Wildman–Crippen LogP) is -15.2. The summed E-state index contributed by atoms with van der Waals surface area (Å²) in [6.07, 6.45) is 9.19. The predicted molar refractivity (Wildman–Crippen MR) is 377 cm³/mol. The zero-order valence-electron chi connectivity index (χ0n) is 59.1. The van der Waals surface area contributed by atoms with Gasteiger partial charge in [0.1, 0.15) is 64.6 Å². The van der Waals surface area contributed by atoms with E-state index in [2.05, 4.69) is 20.9 Å². The van der Waals surface area contributed by atoms with Crippen LogP contribution in [0.4, 0.5) is 0 Å². The van der Waals surface area contributed by atoms with Crippen molar-refractivity contribution in [1.82, 2.24) is 35.6 Å². The van der Waals surface area contributed by atoms with Crippen molar-refractivity contribution < 1.29 is 220 Å². The molecule has 9 heterocycles. The molecule has 114 heavy (non-hydrogen) atoms. The van der Waals surface area contributed by atoms with Crippen LogP contribution in [0.1, 0.15) is 70.9 Å². The van der Waals surface area contributed by atoms with Gasteiger partial charge in [0.2, 0.25) is 35.4 Å². The molecule has 11 N–H and O–H groups in total. The van der Waals surface area contributed by atoms with Gasteiger partial charge in [-0.3, -0.25) is 62.8 Å². The first kappa shape index (κ1) is 98.0. The molecule has 47 heteroatoms. The van der Waals surface area contributed by atoms with Gasteiger partial charge in [0, 0.05) is 70.6 Å². The first-order valence-corrected chi connectivity index (χ1v) is 38.9. The molecule has 0 radical (unpaired) electrons. The molecule has 0 aliphatic carbocycles. The second-order valence-electron chi connectivity index (χ2n) is 23.8. The number of pyridine rings is 3. The Morgan fingerprint density at radius 1 is 0.447 bits per heavy atom. The van der Waals surface area contributed by atoms with Gasteiger partial charge < -0.3 is 87.1 Å². The Hall–Kier alpha value is -8.33. The second kappa shape index (κ2) is 42.0. The minimum atomic E-state index is -5.11. The van der Waals surface area contributed by atoms with Crippen LogP contribution in [0, 0.1) is 0 Å². The average Bonchev–Trinajstić information content (AvgIpc) is 0.749. The summed E-state index contributed by atoms with van der Waals surface area (Å²) in [6, 6.07) is 26.7. The summed E-state index contributed by atoms with van der Waals surface area (Å²) in [5.74, 6) is -11.9. The Labute approximate surface area is 728 Å². The molecule has 0 saturated carbocycles. The van der Waals surface area contributed by atoms with Crippen molar-refractivity contribution in [3.8, 4) is 0 Å². The normalized spacial score (nSPS) is 19.1. The number of thioether (sulfide) groups is 3. The van der Waals surface area contributed by atoms with Crippen molar-refractivity contribution >= 4 is 137 Å². The summed E-state index contributed by atoms with van der Waals surface area (Å²) in [6.45, 7) is -0.422. The summed E-state index contributed by atoms with van der Waals surface area (Å²) >= 11 is 3.42. The monoisotopic (exact) mass is 1710 g/mol. The maximum atomic E-state index is 12.9. The number of carbonyl (C=O) groups excluding carboxylic acids is 12. The van der Waals surface area contributed by atoms with Gasteiger partial charge in [-0.05, 0) is 34.4 Å². The number of aromatic nitrogens is 3. The van der Waals surface area contributed by atoms with Gasteiger partial charge in [0.25, 0.3) is 17.7 Å². The Balaban J connectivity index is 0.000000336. The van der Waals surface area contributed by atoms with Gasteiger partial charge in [-0.25, -0.2) is 34.4 Å². The van der Waals surface area contributed by atoms with E-state index in [1.165, 1.54) is 134 Å². The van der Waals surface area contributed by atoms with Crippen molar-refractivity contribution in [2.24, 2.45) is 17.2 Å². The summed E-state index contributed by atoms with van der Waals surface area (Å²) in [4.78, 5) is 151.